The lowest BCUT2D eigenvalue weighted by molar-refractivity contribution is -0.141. The lowest BCUT2D eigenvalue weighted by Crippen LogP contribution is -2.11. The van der Waals surface area contributed by atoms with Crippen LogP contribution in [0.3, 0.4) is 0 Å². The Morgan fingerprint density at radius 3 is 2.42 bits per heavy atom. The van der Waals surface area contributed by atoms with Gasteiger partial charge in [-0.15, -0.1) is 0 Å². The second-order valence-electron chi connectivity index (χ2n) is 3.45. The molecule has 0 aromatic carbocycles. The Morgan fingerprint density at radius 1 is 1.16 bits per heavy atom. The molecule has 100 valence electrons. The van der Waals surface area contributed by atoms with E-state index >= 15 is 0 Å². The molecule has 8 heteroatoms. The first kappa shape index (κ1) is 13.6. The quantitative estimate of drug-likeness (QED) is 0.879. The summed E-state index contributed by atoms with van der Waals surface area (Å²) in [6, 6.07) is 4.31. The van der Waals surface area contributed by atoms with Gasteiger partial charge in [-0.25, -0.2) is 9.97 Å². The number of pyridine rings is 1. The van der Waals surface area contributed by atoms with Crippen molar-refractivity contribution in [2.45, 2.75) is 16.1 Å². The van der Waals surface area contributed by atoms with Gasteiger partial charge in [-0.05, 0) is 12.1 Å². The van der Waals surface area contributed by atoms with Gasteiger partial charge >= 0.3 is 6.18 Å². The third-order valence-electron chi connectivity index (χ3n) is 2.09. The maximum absolute atomic E-state index is 12.7. The van der Waals surface area contributed by atoms with Crippen LogP contribution >= 0.6 is 11.8 Å². The molecule has 1 N–H and O–H groups in total. The van der Waals surface area contributed by atoms with E-state index in [1.165, 1.54) is 7.05 Å². The van der Waals surface area contributed by atoms with Gasteiger partial charge < -0.3 is 5.32 Å². The topological polar surface area (TPSA) is 50.7 Å². The minimum Gasteiger partial charge on any atom is -0.357 e. The van der Waals surface area contributed by atoms with Crippen molar-refractivity contribution in [1.82, 2.24) is 15.0 Å². The largest absolute Gasteiger partial charge is 0.433 e. The summed E-state index contributed by atoms with van der Waals surface area (Å²) in [7, 11) is 1.47. The maximum atomic E-state index is 12.7. The number of hydrogen-bond acceptors (Lipinski definition) is 5. The van der Waals surface area contributed by atoms with Crippen molar-refractivity contribution < 1.29 is 13.2 Å². The van der Waals surface area contributed by atoms with Crippen LogP contribution in [0.4, 0.5) is 19.1 Å². The molecule has 0 unspecified atom stereocenters. The SMILES string of the molecule is CNc1nc(Sc2ccncc2)cc(C(F)(F)F)n1. The third kappa shape index (κ3) is 3.57. The van der Waals surface area contributed by atoms with Crippen LogP contribution < -0.4 is 5.32 Å². The average molecular weight is 286 g/mol. The second-order valence-corrected chi connectivity index (χ2v) is 4.54. The fourth-order valence-electron chi connectivity index (χ4n) is 1.26. The molecule has 0 bridgehead atoms. The van der Waals surface area contributed by atoms with Crippen molar-refractivity contribution in [3.05, 3.63) is 36.3 Å². The molecule has 4 nitrogen and oxygen atoms in total. The highest BCUT2D eigenvalue weighted by molar-refractivity contribution is 7.99. The molecule has 2 heterocycles. The first-order valence-corrected chi connectivity index (χ1v) is 6.02. The zero-order chi connectivity index (χ0) is 13.9. The normalized spacial score (nSPS) is 11.4. The first-order chi connectivity index (χ1) is 8.99. The van der Waals surface area contributed by atoms with E-state index in [2.05, 4.69) is 20.3 Å². The summed E-state index contributed by atoms with van der Waals surface area (Å²) in [6.07, 6.45) is -1.37. The number of rotatable bonds is 3. The molecule has 2 aromatic rings. The molecule has 2 aromatic heterocycles. The van der Waals surface area contributed by atoms with Crippen molar-refractivity contribution in [1.29, 1.82) is 0 Å². The lowest BCUT2D eigenvalue weighted by atomic mass is 10.4. The average Bonchev–Trinajstić information content (AvgIpc) is 2.38. The van der Waals surface area contributed by atoms with Gasteiger partial charge in [0.15, 0.2) is 5.69 Å². The highest BCUT2D eigenvalue weighted by Crippen LogP contribution is 2.32. The minimum absolute atomic E-state index is 0.0635. The first-order valence-electron chi connectivity index (χ1n) is 5.21. The lowest BCUT2D eigenvalue weighted by Gasteiger charge is -2.09. The van der Waals surface area contributed by atoms with Crippen LogP contribution in [0.5, 0.6) is 0 Å². The molecule has 0 amide bonds. The van der Waals surface area contributed by atoms with Crippen LogP contribution in [-0.4, -0.2) is 22.0 Å². The standard InChI is InChI=1S/C11H9F3N4S/c1-15-10-17-8(11(12,13)14)6-9(18-10)19-7-2-4-16-5-3-7/h2-6H,1H3,(H,15,17,18). The van der Waals surface area contributed by atoms with E-state index in [0.29, 0.717) is 0 Å². The third-order valence-corrected chi connectivity index (χ3v) is 3.01. The van der Waals surface area contributed by atoms with Gasteiger partial charge in [-0.2, -0.15) is 13.2 Å². The van der Waals surface area contributed by atoms with Crippen LogP contribution in [0.15, 0.2) is 40.5 Å². The zero-order valence-electron chi connectivity index (χ0n) is 9.77. The van der Waals surface area contributed by atoms with Gasteiger partial charge in [0.1, 0.15) is 5.03 Å². The summed E-state index contributed by atoms with van der Waals surface area (Å²) in [6.45, 7) is 0. The fraction of sp³-hybridized carbons (Fsp3) is 0.182. The van der Waals surface area contributed by atoms with Gasteiger partial charge in [0.05, 0.1) is 0 Å². The minimum atomic E-state index is -4.50. The van der Waals surface area contributed by atoms with Gasteiger partial charge in [0.2, 0.25) is 5.95 Å². The van der Waals surface area contributed by atoms with E-state index in [0.717, 1.165) is 22.7 Å². The predicted molar refractivity (Wildman–Crippen MR) is 64.9 cm³/mol. The van der Waals surface area contributed by atoms with E-state index in [1.54, 1.807) is 24.5 Å². The molecule has 0 aliphatic carbocycles. The smallest absolute Gasteiger partial charge is 0.357 e. The van der Waals surface area contributed by atoms with Crippen molar-refractivity contribution in [2.75, 3.05) is 12.4 Å². The predicted octanol–water partition coefficient (Wildman–Crippen LogP) is 3.08. The van der Waals surface area contributed by atoms with Gasteiger partial charge in [-0.3, -0.25) is 4.98 Å². The summed E-state index contributed by atoms with van der Waals surface area (Å²) in [5.74, 6) is -0.0635. The van der Waals surface area contributed by atoms with E-state index < -0.39 is 11.9 Å². The van der Waals surface area contributed by atoms with E-state index in [-0.39, 0.29) is 11.0 Å². The highest BCUT2D eigenvalue weighted by Gasteiger charge is 2.33. The summed E-state index contributed by atoms with van der Waals surface area (Å²) < 4.78 is 38.1. The number of nitrogens with zero attached hydrogens (tertiary/aromatic N) is 3. The van der Waals surface area contributed by atoms with Crippen LogP contribution in [-0.2, 0) is 6.18 Å². The Labute approximate surface area is 111 Å². The van der Waals surface area contributed by atoms with Crippen molar-refractivity contribution in [3.8, 4) is 0 Å². The van der Waals surface area contributed by atoms with Crippen LogP contribution in [0.1, 0.15) is 5.69 Å². The summed E-state index contributed by atoms with van der Waals surface area (Å²) in [5, 5.41) is 2.74. The molecule has 0 spiro atoms. The molecule has 0 saturated heterocycles. The summed E-state index contributed by atoms with van der Waals surface area (Å²) in [4.78, 5) is 12.0. The molecular weight excluding hydrogens is 277 g/mol. The van der Waals surface area contributed by atoms with Crippen LogP contribution in [0, 0.1) is 0 Å². The molecule has 2 rings (SSSR count). The number of alkyl halides is 3. The number of hydrogen-bond donors (Lipinski definition) is 1. The Hall–Kier alpha value is -1.83. The van der Waals surface area contributed by atoms with Crippen molar-refractivity contribution in [3.63, 3.8) is 0 Å². The summed E-state index contributed by atoms with van der Waals surface area (Å²) in [5.41, 5.74) is -0.969. The molecule has 0 radical (unpaired) electrons. The van der Waals surface area contributed by atoms with E-state index in [9.17, 15) is 13.2 Å². The second kappa shape index (κ2) is 5.43. The number of aromatic nitrogens is 3. The number of nitrogens with one attached hydrogen (secondary N) is 1. The van der Waals surface area contributed by atoms with E-state index in [1.807, 2.05) is 0 Å². The molecule has 0 saturated carbocycles. The Balaban J connectivity index is 2.35. The Morgan fingerprint density at radius 2 is 1.84 bits per heavy atom. The molecule has 0 atom stereocenters. The van der Waals surface area contributed by atoms with Gasteiger partial charge in [-0.1, -0.05) is 11.8 Å². The molecule has 0 aliphatic rings. The monoisotopic (exact) mass is 286 g/mol. The summed E-state index contributed by atoms with van der Waals surface area (Å²) >= 11 is 1.12. The van der Waals surface area contributed by atoms with Crippen LogP contribution in [0.25, 0.3) is 0 Å². The van der Waals surface area contributed by atoms with Gasteiger partial charge in [0, 0.05) is 30.4 Å². The maximum Gasteiger partial charge on any atom is 0.433 e. The molecular formula is C11H9F3N4S. The Bertz CT molecular complexity index is 560. The number of anilines is 1. The molecule has 0 aliphatic heterocycles. The van der Waals surface area contributed by atoms with Crippen molar-refractivity contribution in [2.24, 2.45) is 0 Å². The fourth-order valence-corrected chi connectivity index (χ4v) is 2.06. The molecule has 19 heavy (non-hydrogen) atoms. The highest BCUT2D eigenvalue weighted by atomic mass is 32.2. The zero-order valence-corrected chi connectivity index (χ0v) is 10.6. The van der Waals surface area contributed by atoms with E-state index in [4.69, 9.17) is 0 Å². The number of halogens is 3. The Kier molecular flexibility index (Phi) is 3.89. The van der Waals surface area contributed by atoms with Crippen molar-refractivity contribution >= 4 is 17.7 Å². The van der Waals surface area contributed by atoms with Gasteiger partial charge in [0.25, 0.3) is 0 Å². The van der Waals surface area contributed by atoms with Crippen LogP contribution in [0.2, 0.25) is 0 Å². The molecule has 0 fully saturated rings.